The van der Waals surface area contributed by atoms with Gasteiger partial charge in [0.15, 0.2) is 0 Å². The van der Waals surface area contributed by atoms with Crippen LogP contribution < -0.4 is 10.3 Å². The van der Waals surface area contributed by atoms with Crippen molar-refractivity contribution >= 4 is 29.1 Å². The molecule has 22 heavy (non-hydrogen) atoms. The summed E-state index contributed by atoms with van der Waals surface area (Å²) in [5.41, 5.74) is 4.78. The van der Waals surface area contributed by atoms with Crippen LogP contribution in [-0.4, -0.2) is 25.2 Å². The van der Waals surface area contributed by atoms with E-state index in [1.54, 1.807) is 12.3 Å². The first-order valence-corrected chi connectivity index (χ1v) is 8.43. The van der Waals surface area contributed by atoms with Crippen LogP contribution in [0.5, 0.6) is 0 Å². The van der Waals surface area contributed by atoms with Crippen molar-refractivity contribution in [1.82, 2.24) is 5.43 Å². The zero-order chi connectivity index (χ0) is 15.2. The molecule has 114 valence electrons. The summed E-state index contributed by atoms with van der Waals surface area (Å²) in [6.45, 7) is 2.29. The van der Waals surface area contributed by atoms with Crippen molar-refractivity contribution in [3.8, 4) is 0 Å². The molecule has 1 aliphatic rings. The first-order chi connectivity index (χ1) is 10.8. The Balaban J connectivity index is 1.56. The van der Waals surface area contributed by atoms with Gasteiger partial charge in [-0.2, -0.15) is 5.10 Å². The van der Waals surface area contributed by atoms with Crippen molar-refractivity contribution in [3.63, 3.8) is 0 Å². The van der Waals surface area contributed by atoms with Crippen LogP contribution in [0.2, 0.25) is 0 Å². The summed E-state index contributed by atoms with van der Waals surface area (Å²) in [7, 11) is 0. The number of rotatable bonds is 4. The van der Waals surface area contributed by atoms with Gasteiger partial charge in [-0.1, -0.05) is 18.2 Å². The second-order valence-corrected chi connectivity index (χ2v) is 6.26. The predicted molar refractivity (Wildman–Crippen MR) is 91.9 cm³/mol. The Kier molecular flexibility index (Phi) is 4.85. The van der Waals surface area contributed by atoms with E-state index in [9.17, 15) is 4.79 Å². The van der Waals surface area contributed by atoms with E-state index in [1.165, 1.54) is 36.3 Å². The van der Waals surface area contributed by atoms with Gasteiger partial charge in [0.2, 0.25) is 0 Å². The maximum Gasteiger partial charge on any atom is 0.281 e. The first-order valence-electron chi connectivity index (χ1n) is 7.55. The molecular weight excluding hydrogens is 294 g/mol. The number of carbonyl (C=O) groups is 1. The molecule has 2 heterocycles. The Morgan fingerprint density at radius 1 is 1.14 bits per heavy atom. The van der Waals surface area contributed by atoms with Gasteiger partial charge < -0.3 is 4.90 Å². The molecule has 1 fully saturated rings. The van der Waals surface area contributed by atoms with E-state index in [0.29, 0.717) is 4.88 Å². The Bertz CT molecular complexity index is 628. The van der Waals surface area contributed by atoms with Crippen molar-refractivity contribution in [2.75, 3.05) is 18.0 Å². The minimum Gasteiger partial charge on any atom is -0.372 e. The van der Waals surface area contributed by atoms with Gasteiger partial charge in [-0.15, -0.1) is 11.3 Å². The normalized spacial score (nSPS) is 15.2. The molecule has 0 saturated carbocycles. The summed E-state index contributed by atoms with van der Waals surface area (Å²) in [4.78, 5) is 14.8. The Morgan fingerprint density at radius 2 is 1.91 bits per heavy atom. The number of thiophene rings is 1. The van der Waals surface area contributed by atoms with Crippen molar-refractivity contribution in [3.05, 3.63) is 52.2 Å². The highest BCUT2D eigenvalue weighted by Crippen LogP contribution is 2.19. The molecule has 0 aliphatic carbocycles. The van der Waals surface area contributed by atoms with Crippen molar-refractivity contribution < 1.29 is 4.79 Å². The average Bonchev–Trinajstić information content (AvgIpc) is 3.11. The third kappa shape index (κ3) is 3.74. The summed E-state index contributed by atoms with van der Waals surface area (Å²) in [6.07, 6.45) is 5.56. The van der Waals surface area contributed by atoms with E-state index in [0.717, 1.165) is 18.7 Å². The molecule has 5 heteroatoms. The number of anilines is 1. The third-order valence-corrected chi connectivity index (χ3v) is 4.61. The molecule has 2 aromatic rings. The molecule has 0 spiro atoms. The fraction of sp³-hybridized carbons (Fsp3) is 0.294. The summed E-state index contributed by atoms with van der Waals surface area (Å²) < 4.78 is 0. The van der Waals surface area contributed by atoms with Gasteiger partial charge in [0, 0.05) is 18.8 Å². The van der Waals surface area contributed by atoms with Crippen LogP contribution in [0.25, 0.3) is 0 Å². The van der Waals surface area contributed by atoms with Crippen LogP contribution in [0.15, 0.2) is 46.9 Å². The summed E-state index contributed by atoms with van der Waals surface area (Å²) in [5.74, 6) is -0.170. The number of hydrazone groups is 1. The van der Waals surface area contributed by atoms with Gasteiger partial charge in [-0.05, 0) is 48.4 Å². The number of carbonyl (C=O) groups excluding carboxylic acids is 1. The lowest BCUT2D eigenvalue weighted by Gasteiger charge is -2.28. The lowest BCUT2D eigenvalue weighted by Crippen LogP contribution is -2.29. The molecule has 1 aromatic carbocycles. The molecule has 0 bridgehead atoms. The van der Waals surface area contributed by atoms with E-state index >= 15 is 0 Å². The number of amides is 1. The Morgan fingerprint density at radius 3 is 2.59 bits per heavy atom. The highest BCUT2D eigenvalue weighted by atomic mass is 32.1. The lowest BCUT2D eigenvalue weighted by atomic mass is 10.1. The molecule has 0 atom stereocenters. The molecule has 4 nitrogen and oxygen atoms in total. The van der Waals surface area contributed by atoms with Crippen LogP contribution >= 0.6 is 11.3 Å². The zero-order valence-corrected chi connectivity index (χ0v) is 13.2. The van der Waals surface area contributed by atoms with Gasteiger partial charge in [0.1, 0.15) is 0 Å². The molecule has 0 radical (unpaired) electrons. The van der Waals surface area contributed by atoms with Crippen molar-refractivity contribution in [2.24, 2.45) is 5.10 Å². The predicted octanol–water partition coefficient (Wildman–Crippen LogP) is 3.50. The number of nitrogens with one attached hydrogen (secondary N) is 1. The monoisotopic (exact) mass is 313 g/mol. The molecule has 1 aliphatic heterocycles. The second kappa shape index (κ2) is 7.22. The minimum atomic E-state index is -0.170. The lowest BCUT2D eigenvalue weighted by molar-refractivity contribution is 0.0959. The number of piperidine rings is 1. The number of nitrogens with zero attached hydrogens (tertiary/aromatic N) is 2. The molecule has 1 saturated heterocycles. The van der Waals surface area contributed by atoms with Crippen LogP contribution in [0.4, 0.5) is 5.69 Å². The molecule has 3 rings (SSSR count). The zero-order valence-electron chi connectivity index (χ0n) is 12.4. The van der Waals surface area contributed by atoms with Crippen molar-refractivity contribution in [2.45, 2.75) is 19.3 Å². The Hall–Kier alpha value is -2.14. The van der Waals surface area contributed by atoms with Gasteiger partial charge in [-0.25, -0.2) is 5.43 Å². The summed E-state index contributed by atoms with van der Waals surface area (Å²) in [6, 6.07) is 11.9. The van der Waals surface area contributed by atoms with Crippen LogP contribution in [-0.2, 0) is 0 Å². The van der Waals surface area contributed by atoms with Crippen LogP contribution in [0, 0.1) is 0 Å². The largest absolute Gasteiger partial charge is 0.372 e. The number of hydrogen-bond donors (Lipinski definition) is 1. The molecular formula is C17H19N3OS. The first kappa shape index (κ1) is 14.8. The third-order valence-electron chi connectivity index (χ3n) is 3.74. The number of hydrogen-bond acceptors (Lipinski definition) is 4. The standard InChI is InChI=1S/C17H19N3OS/c21-17(16-5-4-12-22-16)19-18-13-14-6-8-15(9-7-14)20-10-2-1-3-11-20/h4-9,12-13H,1-3,10-11H2,(H,19,21)/b18-13-. The van der Waals surface area contributed by atoms with E-state index in [4.69, 9.17) is 0 Å². The van der Waals surface area contributed by atoms with E-state index < -0.39 is 0 Å². The quantitative estimate of drug-likeness (QED) is 0.693. The Labute approximate surface area is 134 Å². The van der Waals surface area contributed by atoms with Gasteiger partial charge in [-0.3, -0.25) is 4.79 Å². The molecule has 1 N–H and O–H groups in total. The van der Waals surface area contributed by atoms with Crippen LogP contribution in [0.1, 0.15) is 34.5 Å². The summed E-state index contributed by atoms with van der Waals surface area (Å²) >= 11 is 1.40. The van der Waals surface area contributed by atoms with E-state index in [1.807, 2.05) is 23.6 Å². The van der Waals surface area contributed by atoms with E-state index in [2.05, 4.69) is 27.6 Å². The van der Waals surface area contributed by atoms with Gasteiger partial charge in [0.25, 0.3) is 5.91 Å². The second-order valence-electron chi connectivity index (χ2n) is 5.32. The topological polar surface area (TPSA) is 44.7 Å². The maximum atomic E-state index is 11.7. The van der Waals surface area contributed by atoms with Crippen LogP contribution in [0.3, 0.4) is 0 Å². The fourth-order valence-electron chi connectivity index (χ4n) is 2.55. The summed E-state index contributed by atoms with van der Waals surface area (Å²) in [5, 5.41) is 5.88. The smallest absolute Gasteiger partial charge is 0.281 e. The van der Waals surface area contributed by atoms with Crippen molar-refractivity contribution in [1.29, 1.82) is 0 Å². The average molecular weight is 313 g/mol. The highest BCUT2D eigenvalue weighted by Gasteiger charge is 2.10. The number of benzene rings is 1. The molecule has 1 aromatic heterocycles. The molecule has 1 amide bonds. The fourth-order valence-corrected chi connectivity index (χ4v) is 3.17. The van der Waals surface area contributed by atoms with Gasteiger partial charge >= 0.3 is 0 Å². The minimum absolute atomic E-state index is 0.170. The highest BCUT2D eigenvalue weighted by molar-refractivity contribution is 7.12. The van der Waals surface area contributed by atoms with Gasteiger partial charge in [0.05, 0.1) is 11.1 Å². The SMILES string of the molecule is O=C(N/N=C\c1ccc(N2CCCCC2)cc1)c1cccs1. The molecule has 0 unspecified atom stereocenters. The van der Waals surface area contributed by atoms with E-state index in [-0.39, 0.29) is 5.91 Å². The maximum absolute atomic E-state index is 11.7.